The van der Waals surface area contributed by atoms with E-state index in [0.717, 1.165) is 5.56 Å². The minimum absolute atomic E-state index is 0.110. The van der Waals surface area contributed by atoms with E-state index >= 15 is 0 Å². The summed E-state index contributed by atoms with van der Waals surface area (Å²) in [7, 11) is 1.52. The molecule has 1 aromatic carbocycles. The number of nitrogens with zero attached hydrogens (tertiary/aromatic N) is 2. The average Bonchev–Trinajstić information content (AvgIpc) is 3.36. The van der Waals surface area contributed by atoms with Crippen LogP contribution in [0.25, 0.3) is 11.0 Å². The van der Waals surface area contributed by atoms with Gasteiger partial charge >= 0.3 is 6.03 Å². The van der Waals surface area contributed by atoms with Crippen LogP contribution in [-0.2, 0) is 16.9 Å². The second-order valence-corrected chi connectivity index (χ2v) is 7.54. The molecule has 10 heteroatoms. The molecule has 1 unspecified atom stereocenters. The second-order valence-electron chi connectivity index (χ2n) is 7.15. The molecule has 0 spiro atoms. The summed E-state index contributed by atoms with van der Waals surface area (Å²) < 4.78 is 11.0. The minimum Gasteiger partial charge on any atom is -0.497 e. The molecular formula is C20H15ClN4O5. The first-order chi connectivity index (χ1) is 14.4. The fraction of sp³-hybridized carbons (Fsp3) is 0.200. The largest absolute Gasteiger partial charge is 0.497 e. The fourth-order valence-electron chi connectivity index (χ4n) is 3.86. The van der Waals surface area contributed by atoms with Gasteiger partial charge in [-0.25, -0.2) is 9.78 Å². The van der Waals surface area contributed by atoms with Crippen molar-refractivity contribution in [1.82, 2.24) is 20.5 Å². The number of methoxy groups -OCH3 is 1. The van der Waals surface area contributed by atoms with Gasteiger partial charge in [-0.15, -0.1) is 0 Å². The third kappa shape index (κ3) is 2.70. The van der Waals surface area contributed by atoms with Gasteiger partial charge in [0.15, 0.2) is 11.1 Å². The number of halogens is 1. The summed E-state index contributed by atoms with van der Waals surface area (Å²) in [6.07, 6.45) is 1.44. The number of benzene rings is 1. The number of pyridine rings is 1. The Hall–Kier alpha value is -3.59. The Morgan fingerprint density at radius 2 is 2.10 bits per heavy atom. The van der Waals surface area contributed by atoms with Gasteiger partial charge in [0.05, 0.1) is 19.9 Å². The van der Waals surface area contributed by atoms with E-state index in [1.807, 2.05) is 0 Å². The topological polar surface area (TPSA) is 114 Å². The van der Waals surface area contributed by atoms with Crippen LogP contribution in [0.5, 0.6) is 5.75 Å². The van der Waals surface area contributed by atoms with Crippen molar-refractivity contribution >= 4 is 40.4 Å². The number of ether oxygens (including phenoxy) is 1. The maximum Gasteiger partial charge on any atom is 0.322 e. The summed E-state index contributed by atoms with van der Waals surface area (Å²) in [6, 6.07) is 7.78. The van der Waals surface area contributed by atoms with Crippen LogP contribution >= 0.6 is 11.6 Å². The third-order valence-corrected chi connectivity index (χ3v) is 5.56. The smallest absolute Gasteiger partial charge is 0.322 e. The van der Waals surface area contributed by atoms with Crippen molar-refractivity contribution in [3.05, 3.63) is 58.6 Å². The van der Waals surface area contributed by atoms with E-state index in [4.69, 9.17) is 20.8 Å². The molecule has 3 aromatic rings. The van der Waals surface area contributed by atoms with Crippen LogP contribution in [0.3, 0.4) is 0 Å². The van der Waals surface area contributed by atoms with Crippen LogP contribution in [0.2, 0.25) is 5.15 Å². The first-order valence-corrected chi connectivity index (χ1v) is 9.43. The maximum atomic E-state index is 13.0. The normalized spacial score (nSPS) is 20.5. The molecule has 2 aliphatic heterocycles. The number of amides is 4. The number of hydrogen-bond acceptors (Lipinski definition) is 6. The lowest BCUT2D eigenvalue weighted by Gasteiger charge is -2.29. The molecule has 2 aromatic heterocycles. The van der Waals surface area contributed by atoms with Gasteiger partial charge in [0, 0.05) is 17.5 Å². The summed E-state index contributed by atoms with van der Waals surface area (Å²) in [5.41, 5.74) is 0.129. The van der Waals surface area contributed by atoms with Crippen molar-refractivity contribution < 1.29 is 23.5 Å². The third-order valence-electron chi connectivity index (χ3n) is 5.36. The van der Waals surface area contributed by atoms with Crippen LogP contribution in [-0.4, -0.2) is 41.4 Å². The second kappa shape index (κ2) is 6.46. The molecule has 30 heavy (non-hydrogen) atoms. The zero-order valence-electron chi connectivity index (χ0n) is 15.7. The van der Waals surface area contributed by atoms with Crippen molar-refractivity contribution in [2.75, 3.05) is 13.7 Å². The van der Waals surface area contributed by atoms with E-state index in [2.05, 4.69) is 15.6 Å². The monoisotopic (exact) mass is 426 g/mol. The number of rotatable bonds is 4. The van der Waals surface area contributed by atoms with Gasteiger partial charge in [-0.1, -0.05) is 17.7 Å². The number of furan rings is 1. The van der Waals surface area contributed by atoms with E-state index < -0.39 is 17.5 Å². The summed E-state index contributed by atoms with van der Waals surface area (Å²) in [6.45, 7) is 0.179. The number of nitrogens with one attached hydrogen (secondary N) is 2. The van der Waals surface area contributed by atoms with Gasteiger partial charge in [0.25, 0.3) is 11.8 Å². The minimum atomic E-state index is -1.58. The Morgan fingerprint density at radius 3 is 2.83 bits per heavy atom. The highest BCUT2D eigenvalue weighted by Gasteiger charge is 2.53. The SMILES string of the molecule is COc1ccc2c(c1)C(=O)N(CC1(c3cc4cc(Cl)ncc4o3)NC(=O)NC1=O)C2. The predicted octanol–water partition coefficient (Wildman–Crippen LogP) is 2.18. The molecule has 1 fully saturated rings. The van der Waals surface area contributed by atoms with Crippen molar-refractivity contribution in [1.29, 1.82) is 0 Å². The van der Waals surface area contributed by atoms with E-state index in [0.29, 0.717) is 22.3 Å². The summed E-state index contributed by atoms with van der Waals surface area (Å²) in [4.78, 5) is 43.4. The van der Waals surface area contributed by atoms with Gasteiger partial charge in [0.1, 0.15) is 16.7 Å². The molecule has 0 saturated carbocycles. The van der Waals surface area contributed by atoms with Crippen LogP contribution in [0.4, 0.5) is 4.79 Å². The van der Waals surface area contributed by atoms with Crippen molar-refractivity contribution in [2.45, 2.75) is 12.1 Å². The average molecular weight is 427 g/mol. The predicted molar refractivity (Wildman–Crippen MR) is 105 cm³/mol. The Kier molecular flexibility index (Phi) is 3.97. The lowest BCUT2D eigenvalue weighted by atomic mass is 9.95. The number of carbonyl (C=O) groups is 3. The molecule has 1 saturated heterocycles. The lowest BCUT2D eigenvalue weighted by molar-refractivity contribution is -0.125. The molecule has 0 bridgehead atoms. The number of aromatic nitrogens is 1. The summed E-state index contributed by atoms with van der Waals surface area (Å²) in [5.74, 6) is -0.122. The number of carbonyl (C=O) groups excluding carboxylic acids is 3. The van der Waals surface area contributed by atoms with Crippen molar-refractivity contribution in [2.24, 2.45) is 0 Å². The molecule has 5 rings (SSSR count). The molecule has 152 valence electrons. The highest BCUT2D eigenvalue weighted by molar-refractivity contribution is 6.30. The highest BCUT2D eigenvalue weighted by atomic mass is 35.5. The van der Waals surface area contributed by atoms with E-state index in [1.165, 1.54) is 18.2 Å². The number of urea groups is 1. The molecule has 4 amide bonds. The summed E-state index contributed by atoms with van der Waals surface area (Å²) >= 11 is 5.94. The first kappa shape index (κ1) is 18.4. The molecular weight excluding hydrogens is 412 g/mol. The Labute approximate surface area is 174 Å². The molecule has 1 atom stereocenters. The lowest BCUT2D eigenvalue weighted by Crippen LogP contribution is -2.52. The zero-order chi connectivity index (χ0) is 21.0. The Bertz CT molecular complexity index is 1240. The number of hydrogen-bond donors (Lipinski definition) is 2. The first-order valence-electron chi connectivity index (χ1n) is 9.05. The van der Waals surface area contributed by atoms with Gasteiger partial charge in [-0.3, -0.25) is 14.9 Å². The molecule has 0 aliphatic carbocycles. The van der Waals surface area contributed by atoms with Crippen LogP contribution in [0.1, 0.15) is 21.7 Å². The van der Waals surface area contributed by atoms with Crippen molar-refractivity contribution in [3.63, 3.8) is 0 Å². The van der Waals surface area contributed by atoms with E-state index in [9.17, 15) is 14.4 Å². The zero-order valence-corrected chi connectivity index (χ0v) is 16.4. The van der Waals surface area contributed by atoms with Crippen LogP contribution < -0.4 is 15.4 Å². The molecule has 2 aliphatic rings. The molecule has 0 radical (unpaired) electrons. The Morgan fingerprint density at radius 1 is 1.27 bits per heavy atom. The highest BCUT2D eigenvalue weighted by Crippen LogP contribution is 2.35. The van der Waals surface area contributed by atoms with Crippen LogP contribution in [0, 0.1) is 0 Å². The van der Waals surface area contributed by atoms with Gasteiger partial charge in [-0.05, 0) is 29.8 Å². The molecule has 2 N–H and O–H groups in total. The van der Waals surface area contributed by atoms with Gasteiger partial charge in [0.2, 0.25) is 0 Å². The summed E-state index contributed by atoms with van der Waals surface area (Å²) in [5, 5.41) is 5.77. The molecule has 9 nitrogen and oxygen atoms in total. The quantitative estimate of drug-likeness (QED) is 0.488. The fourth-order valence-corrected chi connectivity index (χ4v) is 4.03. The van der Waals surface area contributed by atoms with Gasteiger partial charge < -0.3 is 19.4 Å². The van der Waals surface area contributed by atoms with Gasteiger partial charge in [-0.2, -0.15) is 0 Å². The number of fused-ring (bicyclic) bond motifs is 2. The van der Waals surface area contributed by atoms with Crippen LogP contribution in [0.15, 0.2) is 40.9 Å². The Balaban J connectivity index is 1.55. The maximum absolute atomic E-state index is 13.0. The standard InChI is InChI=1S/C20H15ClN4O5/c1-29-12-3-2-10-8-25(17(26)13(10)6-12)9-20(18(27)23-19(28)24-20)15-4-11-5-16(21)22-7-14(11)30-15/h2-7H,8-9H2,1H3,(H2,23,24,27,28). The van der Waals surface area contributed by atoms with Crippen molar-refractivity contribution in [3.8, 4) is 5.75 Å². The van der Waals surface area contributed by atoms with E-state index in [1.54, 1.807) is 30.3 Å². The van der Waals surface area contributed by atoms with E-state index in [-0.39, 0.29) is 29.9 Å². The number of imide groups is 1. The molecule has 4 heterocycles.